The molecule has 2 aliphatic rings. The van der Waals surface area contributed by atoms with Gasteiger partial charge in [-0.2, -0.15) is 28.1 Å². The number of allylic oxidation sites excluding steroid dienone is 1. The Bertz CT molecular complexity index is 792. The molecular weight excluding hydrogens is 411 g/mol. The normalized spacial score (nSPS) is 26.1. The summed E-state index contributed by atoms with van der Waals surface area (Å²) in [6.45, 7) is 0.807. The smallest absolute Gasteiger partial charge is 0.383 e. The molecule has 1 heterocycles. The largest absolute Gasteiger partial charge is 0.408 e. The van der Waals surface area contributed by atoms with E-state index in [2.05, 4.69) is 20.3 Å². The third kappa shape index (κ3) is 4.87. The number of alkyl halides is 6. The Kier molecular flexibility index (Phi) is 5.62. The highest BCUT2D eigenvalue weighted by Crippen LogP contribution is 2.39. The van der Waals surface area contributed by atoms with E-state index in [0.29, 0.717) is 0 Å². The first-order valence-electron chi connectivity index (χ1n) is 8.80. The molecule has 3 atom stereocenters. The summed E-state index contributed by atoms with van der Waals surface area (Å²) in [7, 11) is 0. The fraction of sp³-hybridized carbons (Fsp3) is 0.688. The number of aromatic nitrogens is 3. The molecule has 13 heteroatoms. The van der Waals surface area contributed by atoms with Crippen molar-refractivity contribution in [2.75, 3.05) is 10.6 Å². The van der Waals surface area contributed by atoms with E-state index in [-0.39, 0.29) is 24.4 Å². The van der Waals surface area contributed by atoms with Gasteiger partial charge < -0.3 is 15.7 Å². The second-order valence-electron chi connectivity index (χ2n) is 7.15. The van der Waals surface area contributed by atoms with Crippen LogP contribution in [-0.4, -0.2) is 56.5 Å². The molecule has 0 radical (unpaired) electrons. The van der Waals surface area contributed by atoms with E-state index in [1.165, 1.54) is 0 Å². The van der Waals surface area contributed by atoms with Crippen LogP contribution in [0.15, 0.2) is 5.83 Å². The molecule has 0 spiro atoms. The highest BCUT2D eigenvalue weighted by molar-refractivity contribution is 5.65. The van der Waals surface area contributed by atoms with E-state index >= 15 is 0 Å². The Hall–Kier alpha value is -2.18. The minimum absolute atomic E-state index is 0.205. The second-order valence-corrected chi connectivity index (χ2v) is 7.15. The lowest BCUT2D eigenvalue weighted by Gasteiger charge is -2.35. The number of aliphatic hydroxyl groups is 1. The minimum atomic E-state index is -4.64. The zero-order valence-electron chi connectivity index (χ0n) is 15.1. The van der Waals surface area contributed by atoms with E-state index in [0.717, 1.165) is 6.92 Å². The Balaban J connectivity index is 1.92. The zero-order chi connectivity index (χ0) is 21.6. The summed E-state index contributed by atoms with van der Waals surface area (Å²) in [6.07, 6.45) is -9.99. The molecule has 3 rings (SSSR count). The maximum Gasteiger partial charge on any atom is 0.408 e. The SMILES string of the molecule is C[C@@H](Nc1nc(NC2CC(F)(F)C2)nc(C2=C(F)[C@H](O)C(F)CC2)n1)C(F)(F)F. The molecular formula is C16H18F7N5O. The van der Waals surface area contributed by atoms with Crippen molar-refractivity contribution >= 4 is 17.5 Å². The predicted octanol–water partition coefficient (Wildman–Crippen LogP) is 3.62. The molecule has 0 aliphatic heterocycles. The Morgan fingerprint density at radius 2 is 1.76 bits per heavy atom. The molecule has 1 fully saturated rings. The second kappa shape index (κ2) is 7.58. The number of hydrogen-bond acceptors (Lipinski definition) is 6. The van der Waals surface area contributed by atoms with Crippen molar-refractivity contribution in [3.05, 3.63) is 11.7 Å². The van der Waals surface area contributed by atoms with E-state index < -0.39 is 66.9 Å². The van der Waals surface area contributed by atoms with Gasteiger partial charge in [0.1, 0.15) is 24.1 Å². The van der Waals surface area contributed by atoms with Gasteiger partial charge in [0, 0.05) is 24.5 Å². The number of anilines is 2. The quantitative estimate of drug-likeness (QED) is 0.621. The highest BCUT2D eigenvalue weighted by atomic mass is 19.4. The average Bonchev–Trinajstić information content (AvgIpc) is 2.57. The third-order valence-electron chi connectivity index (χ3n) is 4.73. The molecule has 29 heavy (non-hydrogen) atoms. The van der Waals surface area contributed by atoms with Crippen LogP contribution in [-0.2, 0) is 0 Å². The van der Waals surface area contributed by atoms with Gasteiger partial charge in [-0.15, -0.1) is 0 Å². The Morgan fingerprint density at radius 3 is 2.34 bits per heavy atom. The lowest BCUT2D eigenvalue weighted by Crippen LogP contribution is -2.44. The first-order chi connectivity index (χ1) is 13.4. The Morgan fingerprint density at radius 1 is 1.14 bits per heavy atom. The van der Waals surface area contributed by atoms with Crippen LogP contribution in [0.4, 0.5) is 42.6 Å². The molecule has 6 nitrogen and oxygen atoms in total. The van der Waals surface area contributed by atoms with Crippen molar-refractivity contribution in [2.45, 2.75) is 69.1 Å². The summed E-state index contributed by atoms with van der Waals surface area (Å²) in [5, 5.41) is 14.1. The molecule has 0 bridgehead atoms. The van der Waals surface area contributed by atoms with Gasteiger partial charge in [0.25, 0.3) is 5.92 Å². The molecule has 1 aromatic rings. The molecule has 0 aromatic carbocycles. The van der Waals surface area contributed by atoms with E-state index in [1.54, 1.807) is 0 Å². The topological polar surface area (TPSA) is 83.0 Å². The van der Waals surface area contributed by atoms with Crippen molar-refractivity contribution in [2.24, 2.45) is 0 Å². The van der Waals surface area contributed by atoms with Crippen molar-refractivity contribution in [1.29, 1.82) is 0 Å². The lowest BCUT2D eigenvalue weighted by atomic mass is 9.88. The van der Waals surface area contributed by atoms with Crippen LogP contribution < -0.4 is 10.6 Å². The molecule has 2 aliphatic carbocycles. The van der Waals surface area contributed by atoms with Crippen molar-refractivity contribution in [3.63, 3.8) is 0 Å². The maximum absolute atomic E-state index is 14.3. The summed E-state index contributed by atoms with van der Waals surface area (Å²) in [5.74, 6) is -5.40. The van der Waals surface area contributed by atoms with Crippen LogP contribution in [0.25, 0.3) is 5.57 Å². The molecule has 0 amide bonds. The van der Waals surface area contributed by atoms with Gasteiger partial charge >= 0.3 is 6.18 Å². The fourth-order valence-corrected chi connectivity index (χ4v) is 2.98. The fourth-order valence-electron chi connectivity index (χ4n) is 2.98. The molecule has 1 aromatic heterocycles. The zero-order valence-corrected chi connectivity index (χ0v) is 15.1. The van der Waals surface area contributed by atoms with Crippen LogP contribution in [0, 0.1) is 0 Å². The summed E-state index contributed by atoms with van der Waals surface area (Å²) in [4.78, 5) is 11.4. The summed E-state index contributed by atoms with van der Waals surface area (Å²) in [6, 6.07) is -2.79. The number of nitrogens with zero attached hydrogens (tertiary/aromatic N) is 3. The van der Waals surface area contributed by atoms with Crippen molar-refractivity contribution in [1.82, 2.24) is 15.0 Å². The van der Waals surface area contributed by atoms with Crippen LogP contribution in [0.3, 0.4) is 0 Å². The maximum atomic E-state index is 14.3. The first kappa shape index (κ1) is 21.5. The molecule has 1 unspecified atom stereocenters. The van der Waals surface area contributed by atoms with Gasteiger partial charge in [-0.3, -0.25) is 0 Å². The van der Waals surface area contributed by atoms with Gasteiger partial charge in [-0.05, 0) is 19.8 Å². The van der Waals surface area contributed by atoms with Gasteiger partial charge in [-0.1, -0.05) is 0 Å². The molecule has 1 saturated carbocycles. The van der Waals surface area contributed by atoms with Gasteiger partial charge in [0.2, 0.25) is 11.9 Å². The molecule has 0 saturated heterocycles. The van der Waals surface area contributed by atoms with Crippen molar-refractivity contribution < 1.29 is 35.8 Å². The number of aliphatic hydroxyl groups excluding tert-OH is 1. The number of halogens is 7. The third-order valence-corrected chi connectivity index (χ3v) is 4.73. The molecule has 162 valence electrons. The van der Waals surface area contributed by atoms with Gasteiger partial charge in [0.05, 0.1) is 0 Å². The van der Waals surface area contributed by atoms with Gasteiger partial charge in [0.15, 0.2) is 5.82 Å². The van der Waals surface area contributed by atoms with E-state index in [9.17, 15) is 35.8 Å². The number of nitrogens with one attached hydrogen (secondary N) is 2. The summed E-state index contributed by atoms with van der Waals surface area (Å²) >= 11 is 0. The monoisotopic (exact) mass is 429 g/mol. The Labute approximate surface area is 160 Å². The highest BCUT2D eigenvalue weighted by Gasteiger charge is 2.46. The van der Waals surface area contributed by atoms with Crippen molar-refractivity contribution in [3.8, 4) is 0 Å². The van der Waals surface area contributed by atoms with Crippen LogP contribution in [0.5, 0.6) is 0 Å². The standard InChI is InChI=1S/C16H18F7N5O/c1-6(16(21,22)23)24-13-26-12(8-2-3-9(17)11(29)10(8)18)27-14(28-13)25-7-4-15(19,20)5-7/h6-7,9,11,29H,2-5H2,1H3,(H2,24,25,26,27,28)/t6-,9?,11-/m1/s1. The minimum Gasteiger partial charge on any atom is -0.383 e. The number of rotatable bonds is 5. The van der Waals surface area contributed by atoms with Crippen LogP contribution in [0.1, 0.15) is 38.4 Å². The van der Waals surface area contributed by atoms with Crippen LogP contribution in [0.2, 0.25) is 0 Å². The summed E-state index contributed by atoms with van der Waals surface area (Å²) in [5.41, 5.74) is -0.279. The van der Waals surface area contributed by atoms with Crippen LogP contribution >= 0.6 is 0 Å². The number of hydrogen-bond donors (Lipinski definition) is 3. The lowest BCUT2D eigenvalue weighted by molar-refractivity contribution is -0.138. The average molecular weight is 429 g/mol. The van der Waals surface area contributed by atoms with E-state index in [4.69, 9.17) is 0 Å². The summed E-state index contributed by atoms with van der Waals surface area (Å²) < 4.78 is 92.3. The predicted molar refractivity (Wildman–Crippen MR) is 88.7 cm³/mol. The molecule has 3 N–H and O–H groups in total. The van der Waals surface area contributed by atoms with Gasteiger partial charge in [-0.25, -0.2) is 17.6 Å². The van der Waals surface area contributed by atoms with E-state index in [1.807, 2.05) is 5.32 Å². The first-order valence-corrected chi connectivity index (χ1v) is 8.80.